The van der Waals surface area contributed by atoms with E-state index in [9.17, 15) is 18.4 Å². The van der Waals surface area contributed by atoms with E-state index >= 15 is 0 Å². The molecule has 0 saturated heterocycles. The van der Waals surface area contributed by atoms with Crippen molar-refractivity contribution in [1.82, 2.24) is 10.3 Å². The highest BCUT2D eigenvalue weighted by Crippen LogP contribution is 2.24. The normalized spacial score (nSPS) is 13.1. The smallest absolute Gasteiger partial charge is 0.331 e. The molecule has 0 saturated carbocycles. The Balaban J connectivity index is 1.99. The van der Waals surface area contributed by atoms with Crippen LogP contribution in [0.1, 0.15) is 32.6 Å². The Kier molecular flexibility index (Phi) is 6.07. The molecular weight excluding hydrogens is 346 g/mol. The van der Waals surface area contributed by atoms with Gasteiger partial charge in [0, 0.05) is 18.9 Å². The van der Waals surface area contributed by atoms with Crippen LogP contribution in [-0.4, -0.2) is 29.5 Å². The standard InChI is InChI=1S/C18H20F2N2O4/c1-4-18(2,17(24)25-3)22-15(23)7-8-16-21-10-14(26-16)12-6-5-11(19)9-13(12)20/h5-6,9-10H,4,7-8H2,1-3H3,(H,22,23)/t18-/m0/s1. The van der Waals surface area contributed by atoms with Gasteiger partial charge in [-0.2, -0.15) is 0 Å². The number of hydrogen-bond donors (Lipinski definition) is 1. The number of hydrogen-bond acceptors (Lipinski definition) is 5. The number of esters is 1. The number of amides is 1. The van der Waals surface area contributed by atoms with Gasteiger partial charge in [0.05, 0.1) is 18.9 Å². The lowest BCUT2D eigenvalue weighted by Gasteiger charge is -2.26. The Morgan fingerprint density at radius 1 is 1.35 bits per heavy atom. The molecule has 2 aromatic rings. The summed E-state index contributed by atoms with van der Waals surface area (Å²) in [6, 6.07) is 3.13. The fraction of sp³-hybridized carbons (Fsp3) is 0.389. The summed E-state index contributed by atoms with van der Waals surface area (Å²) in [5.74, 6) is -1.97. The molecule has 0 aliphatic rings. The van der Waals surface area contributed by atoms with Crippen molar-refractivity contribution >= 4 is 11.9 Å². The molecule has 1 N–H and O–H groups in total. The Bertz CT molecular complexity index is 806. The van der Waals surface area contributed by atoms with Gasteiger partial charge >= 0.3 is 5.97 Å². The lowest BCUT2D eigenvalue weighted by molar-refractivity contribution is -0.150. The molecule has 0 aliphatic carbocycles. The third-order valence-corrected chi connectivity index (χ3v) is 4.07. The van der Waals surface area contributed by atoms with E-state index in [4.69, 9.17) is 9.15 Å². The monoisotopic (exact) mass is 366 g/mol. The maximum Gasteiger partial charge on any atom is 0.331 e. The van der Waals surface area contributed by atoms with Gasteiger partial charge in [-0.15, -0.1) is 0 Å². The van der Waals surface area contributed by atoms with Gasteiger partial charge in [-0.25, -0.2) is 18.6 Å². The molecule has 0 aliphatic heterocycles. The number of aromatic nitrogens is 1. The number of methoxy groups -OCH3 is 1. The highest BCUT2D eigenvalue weighted by molar-refractivity contribution is 5.87. The van der Waals surface area contributed by atoms with Gasteiger partial charge in [0.15, 0.2) is 11.7 Å². The van der Waals surface area contributed by atoms with Crippen molar-refractivity contribution in [1.29, 1.82) is 0 Å². The number of aryl methyl sites for hydroxylation is 1. The summed E-state index contributed by atoms with van der Waals surface area (Å²) in [6.45, 7) is 3.34. The Labute approximate surface area is 149 Å². The molecule has 1 amide bonds. The minimum absolute atomic E-state index is 0.0262. The zero-order chi connectivity index (χ0) is 19.3. The number of nitrogens with zero attached hydrogens (tertiary/aromatic N) is 1. The second kappa shape index (κ2) is 8.07. The molecule has 1 aromatic heterocycles. The van der Waals surface area contributed by atoms with Crippen LogP contribution in [0.15, 0.2) is 28.8 Å². The number of ether oxygens (including phenoxy) is 1. The zero-order valence-electron chi connectivity index (χ0n) is 14.8. The van der Waals surface area contributed by atoms with Crippen LogP contribution < -0.4 is 5.32 Å². The van der Waals surface area contributed by atoms with Gasteiger partial charge < -0.3 is 14.5 Å². The second-order valence-electron chi connectivity index (χ2n) is 5.97. The quantitative estimate of drug-likeness (QED) is 0.762. The molecule has 1 heterocycles. The van der Waals surface area contributed by atoms with E-state index in [-0.39, 0.29) is 36.0 Å². The molecule has 1 atom stereocenters. The van der Waals surface area contributed by atoms with Crippen molar-refractivity contribution in [3.05, 3.63) is 41.9 Å². The summed E-state index contributed by atoms with van der Waals surface area (Å²) in [6.07, 6.45) is 1.88. The van der Waals surface area contributed by atoms with Crippen LogP contribution in [-0.2, 0) is 20.7 Å². The van der Waals surface area contributed by atoms with Crippen LogP contribution in [0.2, 0.25) is 0 Å². The maximum absolute atomic E-state index is 13.8. The van der Waals surface area contributed by atoms with Gasteiger partial charge in [0.25, 0.3) is 0 Å². The molecule has 0 fully saturated rings. The first kappa shape index (κ1) is 19.6. The fourth-order valence-electron chi connectivity index (χ4n) is 2.34. The highest BCUT2D eigenvalue weighted by Gasteiger charge is 2.33. The number of halogens is 2. The van der Waals surface area contributed by atoms with Crippen LogP contribution in [0.25, 0.3) is 11.3 Å². The molecule has 0 unspecified atom stereocenters. The fourth-order valence-corrected chi connectivity index (χ4v) is 2.34. The number of rotatable bonds is 7. The maximum atomic E-state index is 13.8. The first-order valence-electron chi connectivity index (χ1n) is 8.08. The summed E-state index contributed by atoms with van der Waals surface area (Å²) in [7, 11) is 1.26. The van der Waals surface area contributed by atoms with Crippen molar-refractivity contribution < 1.29 is 27.5 Å². The van der Waals surface area contributed by atoms with Crippen molar-refractivity contribution in [3.63, 3.8) is 0 Å². The van der Waals surface area contributed by atoms with Crippen LogP contribution in [0.4, 0.5) is 8.78 Å². The summed E-state index contributed by atoms with van der Waals surface area (Å²) in [4.78, 5) is 27.8. The number of carbonyl (C=O) groups is 2. The van der Waals surface area contributed by atoms with E-state index in [1.807, 2.05) is 0 Å². The van der Waals surface area contributed by atoms with E-state index in [2.05, 4.69) is 10.3 Å². The van der Waals surface area contributed by atoms with Gasteiger partial charge in [-0.1, -0.05) is 6.92 Å². The third-order valence-electron chi connectivity index (χ3n) is 4.07. The minimum Gasteiger partial charge on any atom is -0.467 e. The van der Waals surface area contributed by atoms with Crippen molar-refractivity contribution in [3.8, 4) is 11.3 Å². The van der Waals surface area contributed by atoms with Gasteiger partial charge in [0.2, 0.25) is 5.91 Å². The molecule has 140 valence electrons. The molecule has 26 heavy (non-hydrogen) atoms. The topological polar surface area (TPSA) is 81.4 Å². The summed E-state index contributed by atoms with van der Waals surface area (Å²) >= 11 is 0. The summed E-state index contributed by atoms with van der Waals surface area (Å²) < 4.78 is 36.8. The molecule has 0 bridgehead atoms. The Hall–Kier alpha value is -2.77. The second-order valence-corrected chi connectivity index (χ2v) is 5.97. The van der Waals surface area contributed by atoms with E-state index in [0.29, 0.717) is 6.42 Å². The van der Waals surface area contributed by atoms with Gasteiger partial charge in [-0.3, -0.25) is 4.79 Å². The van der Waals surface area contributed by atoms with E-state index in [1.54, 1.807) is 13.8 Å². The average Bonchev–Trinajstić information content (AvgIpc) is 3.07. The third kappa shape index (κ3) is 4.44. The minimum atomic E-state index is -1.11. The molecule has 1 aromatic carbocycles. The van der Waals surface area contributed by atoms with Crippen molar-refractivity contribution in [2.75, 3.05) is 7.11 Å². The predicted octanol–water partition coefficient (Wildman–Crippen LogP) is 3.01. The Morgan fingerprint density at radius 2 is 2.08 bits per heavy atom. The number of nitrogens with one attached hydrogen (secondary N) is 1. The van der Waals surface area contributed by atoms with Crippen LogP contribution in [0.5, 0.6) is 0 Å². The lowest BCUT2D eigenvalue weighted by Crippen LogP contribution is -2.52. The predicted molar refractivity (Wildman–Crippen MR) is 89.0 cm³/mol. The van der Waals surface area contributed by atoms with Crippen molar-refractivity contribution in [2.24, 2.45) is 0 Å². The molecule has 0 spiro atoms. The van der Waals surface area contributed by atoms with Crippen LogP contribution in [0.3, 0.4) is 0 Å². The summed E-state index contributed by atoms with van der Waals surface area (Å²) in [5, 5.41) is 2.63. The van der Waals surface area contributed by atoms with Crippen molar-refractivity contribution in [2.45, 2.75) is 38.6 Å². The SMILES string of the molecule is CC[C@](C)(NC(=O)CCc1ncc(-c2ccc(F)cc2F)o1)C(=O)OC. The first-order valence-corrected chi connectivity index (χ1v) is 8.08. The molecule has 8 heteroatoms. The Morgan fingerprint density at radius 3 is 2.69 bits per heavy atom. The number of carbonyl (C=O) groups excluding carboxylic acids is 2. The van der Waals surface area contributed by atoms with Gasteiger partial charge in [-0.05, 0) is 25.5 Å². The molecular formula is C18H20F2N2O4. The number of benzene rings is 1. The zero-order valence-corrected chi connectivity index (χ0v) is 14.8. The van der Waals surface area contributed by atoms with E-state index in [1.165, 1.54) is 19.4 Å². The first-order chi connectivity index (χ1) is 12.3. The largest absolute Gasteiger partial charge is 0.467 e. The highest BCUT2D eigenvalue weighted by atomic mass is 19.1. The van der Waals surface area contributed by atoms with E-state index < -0.39 is 23.1 Å². The van der Waals surface area contributed by atoms with Gasteiger partial charge in [0.1, 0.15) is 17.2 Å². The molecule has 0 radical (unpaired) electrons. The van der Waals surface area contributed by atoms with E-state index in [0.717, 1.165) is 12.1 Å². The average molecular weight is 366 g/mol. The van der Waals surface area contributed by atoms with Crippen LogP contribution in [0, 0.1) is 11.6 Å². The van der Waals surface area contributed by atoms with Crippen LogP contribution >= 0.6 is 0 Å². The summed E-state index contributed by atoms with van der Waals surface area (Å²) in [5.41, 5.74) is -1.02. The molecule has 2 rings (SSSR count). The number of oxazole rings is 1. The molecule has 6 nitrogen and oxygen atoms in total. The lowest BCUT2D eigenvalue weighted by atomic mass is 9.99.